The van der Waals surface area contributed by atoms with E-state index >= 15 is 0 Å². The molecular formula is C17H16FN3O2. The van der Waals surface area contributed by atoms with E-state index in [1.807, 2.05) is 30.3 Å². The molecular weight excluding hydrogens is 297 g/mol. The number of benzene rings is 2. The van der Waals surface area contributed by atoms with E-state index in [1.165, 1.54) is 18.2 Å². The summed E-state index contributed by atoms with van der Waals surface area (Å²) < 4.78 is 13.1. The number of halogens is 1. The molecule has 2 aromatic rings. The van der Waals surface area contributed by atoms with Crippen molar-refractivity contribution >= 4 is 23.3 Å². The number of para-hydroxylation sites is 1. The van der Waals surface area contributed by atoms with Crippen molar-refractivity contribution in [2.24, 2.45) is 0 Å². The minimum absolute atomic E-state index is 0.0349. The lowest BCUT2D eigenvalue weighted by Crippen LogP contribution is -2.39. The second-order valence-electron chi connectivity index (χ2n) is 5.35. The molecule has 0 aromatic heterocycles. The maximum Gasteiger partial charge on any atom is 0.319 e. The first-order valence-electron chi connectivity index (χ1n) is 7.30. The molecule has 1 aliphatic heterocycles. The molecule has 1 heterocycles. The van der Waals surface area contributed by atoms with Crippen LogP contribution in [0.4, 0.5) is 20.6 Å². The van der Waals surface area contributed by atoms with E-state index in [0.717, 1.165) is 5.69 Å². The van der Waals surface area contributed by atoms with E-state index in [4.69, 9.17) is 0 Å². The maximum absolute atomic E-state index is 13.1. The predicted octanol–water partition coefficient (Wildman–Crippen LogP) is 2.75. The monoisotopic (exact) mass is 313 g/mol. The van der Waals surface area contributed by atoms with Gasteiger partial charge in [-0.2, -0.15) is 0 Å². The first-order chi connectivity index (χ1) is 11.1. The van der Waals surface area contributed by atoms with Crippen LogP contribution >= 0.6 is 0 Å². The molecule has 1 aliphatic rings. The molecule has 0 bridgehead atoms. The number of amides is 3. The van der Waals surface area contributed by atoms with E-state index in [0.29, 0.717) is 12.2 Å². The van der Waals surface area contributed by atoms with Gasteiger partial charge in [-0.3, -0.25) is 4.79 Å². The third-order valence-corrected chi connectivity index (χ3v) is 3.61. The second-order valence-corrected chi connectivity index (χ2v) is 5.35. The number of nitrogens with one attached hydrogen (secondary N) is 2. The number of carbonyl (C=O) groups excluding carboxylic acids is 2. The molecule has 23 heavy (non-hydrogen) atoms. The molecule has 6 heteroatoms. The Morgan fingerprint density at radius 1 is 1.13 bits per heavy atom. The van der Waals surface area contributed by atoms with Crippen LogP contribution in [0.5, 0.6) is 0 Å². The highest BCUT2D eigenvalue weighted by Crippen LogP contribution is 2.21. The first kappa shape index (κ1) is 15.0. The number of urea groups is 1. The quantitative estimate of drug-likeness (QED) is 0.915. The Labute approximate surface area is 133 Å². The van der Waals surface area contributed by atoms with Gasteiger partial charge < -0.3 is 15.5 Å². The van der Waals surface area contributed by atoms with Gasteiger partial charge >= 0.3 is 6.03 Å². The smallest absolute Gasteiger partial charge is 0.319 e. The molecule has 2 N–H and O–H groups in total. The number of carbonyl (C=O) groups is 2. The van der Waals surface area contributed by atoms with Crippen LogP contribution in [0.1, 0.15) is 6.42 Å². The number of rotatable bonds is 3. The summed E-state index contributed by atoms with van der Waals surface area (Å²) in [6.45, 7) is 0.416. The lowest BCUT2D eigenvalue weighted by molar-refractivity contribution is -0.117. The van der Waals surface area contributed by atoms with Gasteiger partial charge in [0.15, 0.2) is 0 Å². The summed E-state index contributed by atoms with van der Waals surface area (Å²) in [5, 5.41) is 5.30. The zero-order valence-electron chi connectivity index (χ0n) is 12.3. The summed E-state index contributed by atoms with van der Waals surface area (Å²) in [4.78, 5) is 25.7. The zero-order valence-corrected chi connectivity index (χ0v) is 12.3. The summed E-state index contributed by atoms with van der Waals surface area (Å²) in [7, 11) is 0. The number of hydrogen-bond donors (Lipinski definition) is 2. The molecule has 0 radical (unpaired) electrons. The number of anilines is 2. The van der Waals surface area contributed by atoms with Crippen LogP contribution in [0.25, 0.3) is 0 Å². The molecule has 3 amide bonds. The molecule has 118 valence electrons. The van der Waals surface area contributed by atoms with Crippen LogP contribution in [-0.4, -0.2) is 24.5 Å². The van der Waals surface area contributed by atoms with Crippen LogP contribution in [0.2, 0.25) is 0 Å². The highest BCUT2D eigenvalue weighted by molar-refractivity contribution is 5.97. The third-order valence-electron chi connectivity index (χ3n) is 3.61. The normalized spacial score (nSPS) is 17.2. The molecule has 0 aliphatic carbocycles. The van der Waals surface area contributed by atoms with E-state index in [2.05, 4.69) is 10.6 Å². The van der Waals surface area contributed by atoms with Crippen molar-refractivity contribution in [2.45, 2.75) is 12.5 Å². The van der Waals surface area contributed by atoms with Gasteiger partial charge in [-0.1, -0.05) is 24.3 Å². The van der Waals surface area contributed by atoms with Gasteiger partial charge in [-0.25, -0.2) is 9.18 Å². The van der Waals surface area contributed by atoms with Crippen molar-refractivity contribution < 1.29 is 14.0 Å². The summed E-state index contributed by atoms with van der Waals surface area (Å²) in [6.07, 6.45) is 0.242. The van der Waals surface area contributed by atoms with Gasteiger partial charge in [0, 0.05) is 24.3 Å². The summed E-state index contributed by atoms with van der Waals surface area (Å²) >= 11 is 0. The van der Waals surface area contributed by atoms with E-state index in [9.17, 15) is 14.0 Å². The van der Waals surface area contributed by atoms with Crippen LogP contribution in [0, 0.1) is 5.82 Å². The fourth-order valence-electron chi connectivity index (χ4n) is 2.58. The fraction of sp³-hybridized carbons (Fsp3) is 0.176. The van der Waals surface area contributed by atoms with Crippen molar-refractivity contribution in [1.29, 1.82) is 0 Å². The average molecular weight is 313 g/mol. The van der Waals surface area contributed by atoms with Crippen LogP contribution in [0.15, 0.2) is 54.6 Å². The molecule has 0 spiro atoms. The Morgan fingerprint density at radius 2 is 1.91 bits per heavy atom. The predicted molar refractivity (Wildman–Crippen MR) is 85.8 cm³/mol. The Bertz CT molecular complexity index is 721. The topological polar surface area (TPSA) is 61.4 Å². The summed E-state index contributed by atoms with van der Waals surface area (Å²) in [5.74, 6) is -0.457. The van der Waals surface area contributed by atoms with Crippen molar-refractivity contribution in [1.82, 2.24) is 5.32 Å². The van der Waals surface area contributed by atoms with Crippen molar-refractivity contribution in [3.63, 3.8) is 0 Å². The molecule has 0 saturated carbocycles. The van der Waals surface area contributed by atoms with Crippen molar-refractivity contribution in [3.05, 3.63) is 60.4 Å². The lowest BCUT2D eigenvalue weighted by Gasteiger charge is -2.17. The van der Waals surface area contributed by atoms with Gasteiger partial charge in [0.25, 0.3) is 0 Å². The van der Waals surface area contributed by atoms with E-state index in [1.54, 1.807) is 11.0 Å². The minimum Gasteiger partial charge on any atom is -0.333 e. The van der Waals surface area contributed by atoms with Gasteiger partial charge in [0.2, 0.25) is 5.91 Å². The Balaban J connectivity index is 1.59. The summed E-state index contributed by atoms with van der Waals surface area (Å²) in [5.41, 5.74) is 1.18. The number of nitrogens with zero attached hydrogens (tertiary/aromatic N) is 1. The standard InChI is InChI=1S/C17H16FN3O2/c18-12-5-4-6-13(9-12)19-17(23)20-14-10-16(22)21(11-14)15-7-2-1-3-8-15/h1-9,14H,10-11H2,(H2,19,20,23)/t14-/m1/s1. The highest BCUT2D eigenvalue weighted by atomic mass is 19.1. The van der Waals surface area contributed by atoms with Crippen LogP contribution < -0.4 is 15.5 Å². The fourth-order valence-corrected chi connectivity index (χ4v) is 2.58. The third kappa shape index (κ3) is 3.66. The molecule has 2 aromatic carbocycles. The molecule has 5 nitrogen and oxygen atoms in total. The Hall–Kier alpha value is -2.89. The van der Waals surface area contributed by atoms with E-state index in [-0.39, 0.29) is 18.4 Å². The van der Waals surface area contributed by atoms with E-state index < -0.39 is 11.8 Å². The molecule has 1 fully saturated rings. The molecule has 0 unspecified atom stereocenters. The molecule has 3 rings (SSSR count). The van der Waals surface area contributed by atoms with Gasteiger partial charge in [-0.15, -0.1) is 0 Å². The average Bonchev–Trinajstić information content (AvgIpc) is 2.88. The second kappa shape index (κ2) is 6.48. The van der Waals surface area contributed by atoms with Gasteiger partial charge in [-0.05, 0) is 30.3 Å². The van der Waals surface area contributed by atoms with Crippen molar-refractivity contribution in [2.75, 3.05) is 16.8 Å². The molecule has 1 atom stereocenters. The largest absolute Gasteiger partial charge is 0.333 e. The van der Waals surface area contributed by atoms with Gasteiger partial charge in [0.05, 0.1) is 6.04 Å². The maximum atomic E-state index is 13.1. The summed E-state index contributed by atoms with van der Waals surface area (Å²) in [6, 6.07) is 14.2. The highest BCUT2D eigenvalue weighted by Gasteiger charge is 2.31. The first-order valence-corrected chi connectivity index (χ1v) is 7.30. The number of hydrogen-bond acceptors (Lipinski definition) is 2. The SMILES string of the molecule is O=C(Nc1cccc(F)c1)N[C@@H]1CC(=O)N(c2ccccc2)C1. The minimum atomic E-state index is -0.455. The van der Waals surface area contributed by atoms with Gasteiger partial charge in [0.1, 0.15) is 5.82 Å². The van der Waals surface area contributed by atoms with Crippen LogP contribution in [0.3, 0.4) is 0 Å². The zero-order chi connectivity index (χ0) is 16.2. The Morgan fingerprint density at radius 3 is 2.65 bits per heavy atom. The Kier molecular flexibility index (Phi) is 4.23. The van der Waals surface area contributed by atoms with Crippen LogP contribution in [-0.2, 0) is 4.79 Å². The van der Waals surface area contributed by atoms with Crippen molar-refractivity contribution in [3.8, 4) is 0 Å². The lowest BCUT2D eigenvalue weighted by atomic mass is 10.2. The molecule has 1 saturated heterocycles.